The van der Waals surface area contributed by atoms with Crippen LogP contribution in [0.2, 0.25) is 0 Å². The summed E-state index contributed by atoms with van der Waals surface area (Å²) in [5.74, 6) is -0.0925. The molecule has 0 bridgehead atoms. The van der Waals surface area contributed by atoms with E-state index in [-0.39, 0.29) is 17.6 Å². The molecule has 27 heavy (non-hydrogen) atoms. The van der Waals surface area contributed by atoms with Gasteiger partial charge in [0.1, 0.15) is 11.5 Å². The van der Waals surface area contributed by atoms with E-state index in [4.69, 9.17) is 0 Å². The average molecular weight is 367 g/mol. The Hall–Kier alpha value is -2.69. The van der Waals surface area contributed by atoms with Crippen LogP contribution in [0.25, 0.3) is 16.6 Å². The lowest BCUT2D eigenvalue weighted by Crippen LogP contribution is -2.30. The molecular formula is C22H26FN3O. The van der Waals surface area contributed by atoms with Crippen LogP contribution >= 0.6 is 0 Å². The van der Waals surface area contributed by atoms with E-state index >= 15 is 0 Å². The van der Waals surface area contributed by atoms with E-state index in [1.54, 1.807) is 29.1 Å². The molecule has 142 valence electrons. The van der Waals surface area contributed by atoms with Crippen LogP contribution in [0.4, 0.5) is 4.39 Å². The fourth-order valence-corrected chi connectivity index (χ4v) is 3.44. The van der Waals surface area contributed by atoms with Gasteiger partial charge in [-0.15, -0.1) is 0 Å². The van der Waals surface area contributed by atoms with Gasteiger partial charge in [-0.05, 0) is 42.7 Å². The van der Waals surface area contributed by atoms with Gasteiger partial charge in [0, 0.05) is 17.8 Å². The van der Waals surface area contributed by atoms with E-state index in [1.165, 1.54) is 6.07 Å². The number of carbonyl (C=O) groups excluding carboxylic acids is 1. The number of halogens is 1. The summed E-state index contributed by atoms with van der Waals surface area (Å²) in [7, 11) is 0. The van der Waals surface area contributed by atoms with Crippen molar-refractivity contribution >= 4 is 16.8 Å². The lowest BCUT2D eigenvalue weighted by Gasteiger charge is -2.15. The molecule has 1 amide bonds. The third-order valence-electron chi connectivity index (χ3n) is 4.82. The first-order valence-electron chi connectivity index (χ1n) is 9.63. The van der Waals surface area contributed by atoms with Crippen LogP contribution in [0.5, 0.6) is 0 Å². The maximum atomic E-state index is 14.1. The molecule has 0 spiro atoms. The van der Waals surface area contributed by atoms with Crippen molar-refractivity contribution in [2.45, 2.75) is 46.1 Å². The van der Waals surface area contributed by atoms with Crippen LogP contribution in [0.15, 0.2) is 48.7 Å². The molecule has 0 saturated carbocycles. The topological polar surface area (TPSA) is 46.9 Å². The minimum Gasteiger partial charge on any atom is -0.352 e. The molecule has 0 unspecified atom stereocenters. The normalized spacial score (nSPS) is 11.3. The predicted molar refractivity (Wildman–Crippen MR) is 106 cm³/mol. The molecule has 1 N–H and O–H groups in total. The number of para-hydroxylation sites is 1. The lowest BCUT2D eigenvalue weighted by molar-refractivity contribution is -0.125. The maximum absolute atomic E-state index is 14.1. The molecule has 2 aromatic carbocycles. The Labute approximate surface area is 159 Å². The zero-order chi connectivity index (χ0) is 19.2. The smallest absolute Gasteiger partial charge is 0.223 e. The molecule has 3 rings (SSSR count). The second-order valence-electron chi connectivity index (χ2n) is 6.89. The quantitative estimate of drug-likeness (QED) is 0.609. The van der Waals surface area contributed by atoms with E-state index in [0.717, 1.165) is 42.1 Å². The number of carbonyl (C=O) groups is 1. The highest BCUT2D eigenvalue weighted by Gasteiger charge is 2.16. The Balaban J connectivity index is 1.74. The zero-order valence-corrected chi connectivity index (χ0v) is 15.9. The van der Waals surface area contributed by atoms with Crippen molar-refractivity contribution in [3.8, 4) is 5.69 Å². The van der Waals surface area contributed by atoms with Crippen LogP contribution in [0.1, 0.15) is 45.1 Å². The van der Waals surface area contributed by atoms with Gasteiger partial charge >= 0.3 is 0 Å². The van der Waals surface area contributed by atoms with Gasteiger partial charge in [0.2, 0.25) is 5.91 Å². The molecule has 0 aliphatic heterocycles. The van der Waals surface area contributed by atoms with E-state index in [2.05, 4.69) is 24.3 Å². The number of nitrogens with one attached hydrogen (secondary N) is 1. The third-order valence-corrected chi connectivity index (χ3v) is 4.82. The molecule has 0 aliphatic carbocycles. The Bertz CT molecular complexity index is 913. The van der Waals surface area contributed by atoms with Crippen molar-refractivity contribution in [3.63, 3.8) is 0 Å². The van der Waals surface area contributed by atoms with Crippen LogP contribution in [0.3, 0.4) is 0 Å². The first-order valence-corrected chi connectivity index (χ1v) is 9.63. The summed E-state index contributed by atoms with van der Waals surface area (Å²) in [5.41, 5.74) is 2.27. The summed E-state index contributed by atoms with van der Waals surface area (Å²) in [6.45, 7) is 4.71. The van der Waals surface area contributed by atoms with Gasteiger partial charge in [-0.3, -0.25) is 4.79 Å². The van der Waals surface area contributed by atoms with Crippen LogP contribution in [0, 0.1) is 11.7 Å². The zero-order valence-electron chi connectivity index (χ0n) is 15.9. The molecule has 4 nitrogen and oxygen atoms in total. The van der Waals surface area contributed by atoms with Crippen molar-refractivity contribution in [1.82, 2.24) is 15.1 Å². The van der Waals surface area contributed by atoms with Gasteiger partial charge in [0.25, 0.3) is 0 Å². The van der Waals surface area contributed by atoms with Gasteiger partial charge in [0.15, 0.2) is 0 Å². The van der Waals surface area contributed by atoms with Gasteiger partial charge in [0.05, 0.1) is 11.7 Å². The Morgan fingerprint density at radius 3 is 2.59 bits per heavy atom. The summed E-state index contributed by atoms with van der Waals surface area (Å²) in [6, 6.07) is 12.5. The Morgan fingerprint density at radius 2 is 1.89 bits per heavy atom. The van der Waals surface area contributed by atoms with E-state index < -0.39 is 0 Å². The summed E-state index contributed by atoms with van der Waals surface area (Å²) in [4.78, 5) is 12.4. The number of rotatable bonds is 8. The van der Waals surface area contributed by atoms with E-state index in [0.29, 0.717) is 12.2 Å². The van der Waals surface area contributed by atoms with Gasteiger partial charge in [-0.2, -0.15) is 5.10 Å². The molecule has 1 heterocycles. The second-order valence-corrected chi connectivity index (χ2v) is 6.89. The standard InChI is InChI=1S/C22H26FN3O/c1-3-7-17(8-4-2)22(27)24-14-16-11-12-20-18(13-16)15-25-26(20)21-10-6-5-9-19(21)23/h5-6,9-13,15,17H,3-4,7-8,14H2,1-2H3,(H,24,27). The molecule has 1 aromatic heterocycles. The van der Waals surface area contributed by atoms with Crippen molar-refractivity contribution in [2.24, 2.45) is 5.92 Å². The predicted octanol–water partition coefficient (Wildman–Crippen LogP) is 5.00. The number of fused-ring (bicyclic) bond motifs is 1. The van der Waals surface area contributed by atoms with Gasteiger partial charge in [-0.25, -0.2) is 9.07 Å². The number of benzene rings is 2. The average Bonchev–Trinajstić information content (AvgIpc) is 3.09. The lowest BCUT2D eigenvalue weighted by atomic mass is 9.97. The molecule has 0 radical (unpaired) electrons. The van der Waals surface area contributed by atoms with E-state index in [1.807, 2.05) is 18.2 Å². The largest absolute Gasteiger partial charge is 0.352 e. The SMILES string of the molecule is CCCC(CCC)C(=O)NCc1ccc2c(cnn2-c2ccccc2F)c1. The maximum Gasteiger partial charge on any atom is 0.223 e. The third kappa shape index (κ3) is 4.35. The number of hydrogen-bond donors (Lipinski definition) is 1. The molecule has 0 aliphatic rings. The van der Waals surface area contributed by atoms with Crippen molar-refractivity contribution in [1.29, 1.82) is 0 Å². The summed E-state index contributed by atoms with van der Waals surface area (Å²) < 4.78 is 15.7. The van der Waals surface area contributed by atoms with Crippen LogP contribution in [-0.2, 0) is 11.3 Å². The number of amides is 1. The molecule has 0 saturated heterocycles. The minimum atomic E-state index is -0.309. The van der Waals surface area contributed by atoms with Crippen molar-refractivity contribution in [3.05, 3.63) is 60.0 Å². The van der Waals surface area contributed by atoms with Crippen molar-refractivity contribution < 1.29 is 9.18 Å². The highest BCUT2D eigenvalue weighted by atomic mass is 19.1. The first kappa shape index (κ1) is 19.1. The number of aromatic nitrogens is 2. The second kappa shape index (κ2) is 8.80. The number of nitrogens with zero attached hydrogens (tertiary/aromatic N) is 2. The highest BCUT2D eigenvalue weighted by Crippen LogP contribution is 2.21. The van der Waals surface area contributed by atoms with E-state index in [9.17, 15) is 9.18 Å². The van der Waals surface area contributed by atoms with Gasteiger partial charge < -0.3 is 5.32 Å². The van der Waals surface area contributed by atoms with Crippen molar-refractivity contribution in [2.75, 3.05) is 0 Å². The number of hydrogen-bond acceptors (Lipinski definition) is 2. The van der Waals surface area contributed by atoms with Crippen LogP contribution < -0.4 is 5.32 Å². The van der Waals surface area contributed by atoms with Gasteiger partial charge in [-0.1, -0.05) is 44.9 Å². The molecule has 5 heteroatoms. The molecule has 3 aromatic rings. The summed E-state index contributed by atoms with van der Waals surface area (Å²) >= 11 is 0. The monoisotopic (exact) mass is 367 g/mol. The molecule has 0 atom stereocenters. The minimum absolute atomic E-state index is 0.0903. The fourth-order valence-electron chi connectivity index (χ4n) is 3.44. The Kier molecular flexibility index (Phi) is 6.22. The Morgan fingerprint density at radius 1 is 1.15 bits per heavy atom. The van der Waals surface area contributed by atoms with Crippen LogP contribution in [-0.4, -0.2) is 15.7 Å². The highest BCUT2D eigenvalue weighted by molar-refractivity contribution is 5.82. The molecule has 0 fully saturated rings. The fraction of sp³-hybridized carbons (Fsp3) is 0.364. The molecular weight excluding hydrogens is 341 g/mol. The first-order chi connectivity index (χ1) is 13.1. The summed E-state index contributed by atoms with van der Waals surface area (Å²) in [6.07, 6.45) is 5.60. The summed E-state index contributed by atoms with van der Waals surface area (Å²) in [5, 5.41) is 8.30.